The van der Waals surface area contributed by atoms with Gasteiger partial charge in [-0.25, -0.2) is 4.79 Å². The van der Waals surface area contributed by atoms with Gasteiger partial charge in [0.15, 0.2) is 0 Å². The Hall–Kier alpha value is -3.35. The minimum Gasteiger partial charge on any atom is -0.444 e. The fourth-order valence-corrected chi connectivity index (χ4v) is 4.17. The third-order valence-corrected chi connectivity index (χ3v) is 6.07. The number of alkyl carbamates (subject to hydrolysis) is 1. The number of nitrogens with zero attached hydrogens (tertiary/aromatic N) is 1. The number of carbonyl (C=O) groups excluding carboxylic acids is 3. The van der Waals surface area contributed by atoms with E-state index >= 15 is 0 Å². The Kier molecular flexibility index (Phi) is 9.90. The van der Waals surface area contributed by atoms with Gasteiger partial charge < -0.3 is 20.3 Å². The molecule has 2 N–H and O–H groups in total. The zero-order valence-corrected chi connectivity index (χ0v) is 23.9. The fraction of sp³-hybridized carbons (Fsp3) is 0.500. The molecule has 0 aliphatic carbocycles. The molecule has 0 saturated carbocycles. The van der Waals surface area contributed by atoms with Crippen LogP contribution in [0.4, 0.5) is 10.5 Å². The summed E-state index contributed by atoms with van der Waals surface area (Å²) in [7, 11) is 0. The first-order chi connectivity index (χ1) is 17.1. The Morgan fingerprint density at radius 2 is 1.51 bits per heavy atom. The lowest BCUT2D eigenvalue weighted by Gasteiger charge is -2.38. The smallest absolute Gasteiger partial charge is 0.408 e. The van der Waals surface area contributed by atoms with Crippen molar-refractivity contribution in [1.29, 1.82) is 0 Å². The van der Waals surface area contributed by atoms with Gasteiger partial charge in [-0.3, -0.25) is 9.59 Å². The molecule has 0 aromatic heterocycles. The monoisotopic (exact) mass is 509 g/mol. The number of benzene rings is 2. The van der Waals surface area contributed by atoms with Crippen molar-refractivity contribution in [1.82, 2.24) is 10.2 Å². The summed E-state index contributed by atoms with van der Waals surface area (Å²) in [5.41, 5.74) is 3.53. The number of nitrogens with one attached hydrogen (secondary N) is 2. The third-order valence-electron chi connectivity index (χ3n) is 6.07. The fourth-order valence-electron chi connectivity index (χ4n) is 4.17. The van der Waals surface area contributed by atoms with E-state index in [1.165, 1.54) is 0 Å². The zero-order chi connectivity index (χ0) is 28.1. The van der Waals surface area contributed by atoms with Crippen LogP contribution in [-0.4, -0.2) is 40.5 Å². The predicted molar refractivity (Wildman–Crippen MR) is 148 cm³/mol. The first-order valence-electron chi connectivity index (χ1n) is 12.9. The maximum atomic E-state index is 14.1. The van der Waals surface area contributed by atoms with Crippen LogP contribution in [0.15, 0.2) is 42.5 Å². The molecule has 3 amide bonds. The predicted octanol–water partition coefficient (Wildman–Crippen LogP) is 6.08. The second-order valence-corrected chi connectivity index (χ2v) is 11.3. The third kappa shape index (κ3) is 8.07. The maximum absolute atomic E-state index is 14.1. The number of aryl methyl sites for hydroxylation is 3. The SMILES string of the molecule is Cc1ccc(C)c(C(C(=O)Nc2ccccc2C)N(C(=O)C(NC(=O)OC(C)(C)C)C(C)C)C(C)C)c1. The molecule has 0 heterocycles. The van der Waals surface area contributed by atoms with Gasteiger partial charge in [0.05, 0.1) is 0 Å². The molecule has 2 aromatic rings. The molecule has 0 spiro atoms. The van der Waals surface area contributed by atoms with Gasteiger partial charge in [-0.1, -0.05) is 55.8 Å². The Morgan fingerprint density at radius 1 is 0.892 bits per heavy atom. The van der Waals surface area contributed by atoms with Gasteiger partial charge in [0.1, 0.15) is 17.7 Å². The molecular weight excluding hydrogens is 466 g/mol. The van der Waals surface area contributed by atoms with Crippen LogP contribution in [0.5, 0.6) is 0 Å². The van der Waals surface area contributed by atoms with Crippen LogP contribution >= 0.6 is 0 Å². The lowest BCUT2D eigenvalue weighted by molar-refractivity contribution is -0.143. The van der Waals surface area contributed by atoms with Crippen LogP contribution in [-0.2, 0) is 14.3 Å². The lowest BCUT2D eigenvalue weighted by atomic mass is 9.93. The van der Waals surface area contributed by atoms with E-state index in [1.54, 1.807) is 25.7 Å². The quantitative estimate of drug-likeness (QED) is 0.452. The molecule has 0 aliphatic heterocycles. The van der Waals surface area contributed by atoms with Gasteiger partial charge in [-0.05, 0) is 84.1 Å². The highest BCUT2D eigenvalue weighted by molar-refractivity contribution is 5.99. The van der Waals surface area contributed by atoms with E-state index in [0.717, 1.165) is 22.3 Å². The van der Waals surface area contributed by atoms with Crippen LogP contribution in [0, 0.1) is 26.7 Å². The molecule has 2 rings (SSSR count). The summed E-state index contributed by atoms with van der Waals surface area (Å²) in [5.74, 6) is -0.897. The van der Waals surface area contributed by atoms with Crippen molar-refractivity contribution < 1.29 is 19.1 Å². The number of ether oxygens (including phenoxy) is 1. The molecule has 0 aliphatic rings. The topological polar surface area (TPSA) is 87.7 Å². The van der Waals surface area contributed by atoms with Gasteiger partial charge in [-0.15, -0.1) is 0 Å². The van der Waals surface area contributed by atoms with Crippen molar-refractivity contribution >= 4 is 23.6 Å². The van der Waals surface area contributed by atoms with Crippen molar-refractivity contribution in [2.45, 2.75) is 93.0 Å². The van der Waals surface area contributed by atoms with Crippen LogP contribution in [0.25, 0.3) is 0 Å². The number of amides is 3. The van der Waals surface area contributed by atoms with Gasteiger partial charge in [-0.2, -0.15) is 0 Å². The minimum absolute atomic E-state index is 0.236. The van der Waals surface area contributed by atoms with Crippen molar-refractivity contribution in [3.05, 3.63) is 64.7 Å². The Bertz CT molecular complexity index is 1120. The highest BCUT2D eigenvalue weighted by Crippen LogP contribution is 2.30. The molecule has 2 atom stereocenters. The Balaban J connectivity index is 2.58. The van der Waals surface area contributed by atoms with Crippen molar-refractivity contribution in [3.8, 4) is 0 Å². The first-order valence-corrected chi connectivity index (χ1v) is 12.9. The van der Waals surface area contributed by atoms with Crippen LogP contribution in [0.2, 0.25) is 0 Å². The highest BCUT2D eigenvalue weighted by Gasteiger charge is 2.39. The zero-order valence-electron chi connectivity index (χ0n) is 23.9. The summed E-state index contributed by atoms with van der Waals surface area (Å²) in [6, 6.07) is 11.3. The van der Waals surface area contributed by atoms with E-state index in [-0.39, 0.29) is 23.8 Å². The normalized spacial score (nSPS) is 13.2. The van der Waals surface area contributed by atoms with Crippen molar-refractivity contribution in [2.24, 2.45) is 5.92 Å². The van der Waals surface area contributed by atoms with Crippen LogP contribution in [0.1, 0.15) is 76.8 Å². The summed E-state index contributed by atoms with van der Waals surface area (Å²) >= 11 is 0. The van der Waals surface area contributed by atoms with Crippen molar-refractivity contribution in [2.75, 3.05) is 5.32 Å². The van der Waals surface area contributed by atoms with E-state index < -0.39 is 23.8 Å². The largest absolute Gasteiger partial charge is 0.444 e. The molecule has 2 unspecified atom stereocenters. The number of anilines is 1. The van der Waals surface area contributed by atoms with Gasteiger partial charge in [0, 0.05) is 11.7 Å². The summed E-state index contributed by atoms with van der Waals surface area (Å²) < 4.78 is 5.43. The summed E-state index contributed by atoms with van der Waals surface area (Å²) in [4.78, 5) is 42.3. The van der Waals surface area contributed by atoms with Gasteiger partial charge in [0.25, 0.3) is 5.91 Å². The Labute approximate surface area is 222 Å². The first kappa shape index (κ1) is 29.9. The molecule has 0 saturated heterocycles. The van der Waals surface area contributed by atoms with Crippen LogP contribution < -0.4 is 10.6 Å². The number of hydrogen-bond acceptors (Lipinski definition) is 4. The van der Waals surface area contributed by atoms with E-state index in [9.17, 15) is 14.4 Å². The minimum atomic E-state index is -0.909. The standard InChI is InChI=1S/C30H43N3O4/c1-18(2)25(32-29(36)37-30(8,9)10)28(35)33(19(3)4)26(23-17-20(5)15-16-21(23)6)27(34)31-24-14-12-11-13-22(24)7/h11-19,25-26H,1-10H3,(H,31,34)(H,32,36). The van der Waals surface area contributed by atoms with Gasteiger partial charge in [0.2, 0.25) is 5.91 Å². The molecular formula is C30H43N3O4. The molecule has 7 heteroatoms. The van der Waals surface area contributed by atoms with Crippen LogP contribution in [0.3, 0.4) is 0 Å². The molecule has 202 valence electrons. The lowest BCUT2D eigenvalue weighted by Crippen LogP contribution is -2.56. The molecule has 0 radical (unpaired) electrons. The number of para-hydroxylation sites is 1. The van der Waals surface area contributed by atoms with E-state index in [4.69, 9.17) is 4.74 Å². The van der Waals surface area contributed by atoms with E-state index in [0.29, 0.717) is 5.69 Å². The summed E-state index contributed by atoms with van der Waals surface area (Å²) in [6.45, 7) is 18.6. The highest BCUT2D eigenvalue weighted by atomic mass is 16.6. The molecule has 2 aromatic carbocycles. The number of hydrogen-bond donors (Lipinski definition) is 2. The second kappa shape index (κ2) is 12.3. The number of carbonyl (C=O) groups is 3. The molecule has 0 fully saturated rings. The van der Waals surface area contributed by atoms with E-state index in [1.807, 2.05) is 90.9 Å². The summed E-state index contributed by atoms with van der Waals surface area (Å²) in [5, 5.41) is 5.79. The van der Waals surface area contributed by atoms with Crippen molar-refractivity contribution in [3.63, 3.8) is 0 Å². The maximum Gasteiger partial charge on any atom is 0.408 e. The average Bonchev–Trinajstić information content (AvgIpc) is 2.77. The number of rotatable bonds is 8. The Morgan fingerprint density at radius 3 is 2.05 bits per heavy atom. The molecule has 7 nitrogen and oxygen atoms in total. The second-order valence-electron chi connectivity index (χ2n) is 11.3. The molecule has 37 heavy (non-hydrogen) atoms. The van der Waals surface area contributed by atoms with Gasteiger partial charge >= 0.3 is 6.09 Å². The van der Waals surface area contributed by atoms with E-state index in [2.05, 4.69) is 10.6 Å². The molecule has 0 bridgehead atoms. The summed E-state index contributed by atoms with van der Waals surface area (Å²) in [6.07, 6.45) is -0.670. The average molecular weight is 510 g/mol.